The van der Waals surface area contributed by atoms with Gasteiger partial charge in [0.2, 0.25) is 0 Å². The number of H-pyrrole nitrogens is 1. The molecule has 0 radical (unpaired) electrons. The Morgan fingerprint density at radius 1 is 0.968 bits per heavy atom. The number of hydrogen-bond donors (Lipinski definition) is 2. The molecule has 8 heteroatoms. The molecule has 1 aromatic heterocycles. The maximum Gasteiger partial charge on any atom is 0.263 e. The molecule has 0 bridgehead atoms. The quantitative estimate of drug-likeness (QED) is 0.470. The van der Waals surface area contributed by atoms with E-state index in [4.69, 9.17) is 0 Å². The minimum Gasteiger partial charge on any atom is -0.307 e. The minimum absolute atomic E-state index is 0.242. The molecule has 31 heavy (non-hydrogen) atoms. The molecule has 4 nitrogen and oxygen atoms in total. The van der Waals surface area contributed by atoms with Crippen LogP contribution in [0.3, 0.4) is 0 Å². The van der Waals surface area contributed by atoms with Crippen LogP contribution in [0.4, 0.5) is 17.6 Å². The van der Waals surface area contributed by atoms with Gasteiger partial charge in [0.25, 0.3) is 5.92 Å². The van der Waals surface area contributed by atoms with Gasteiger partial charge in [0, 0.05) is 23.6 Å². The second kappa shape index (κ2) is 9.18. The number of nitrogens with zero attached hydrogens (tertiary/aromatic N) is 2. The number of alkyl halides is 2. The fourth-order valence-corrected chi connectivity index (χ4v) is 4.15. The van der Waals surface area contributed by atoms with E-state index in [2.05, 4.69) is 20.5 Å². The van der Waals surface area contributed by atoms with Crippen LogP contribution in [0.25, 0.3) is 22.5 Å². The third-order valence-corrected chi connectivity index (χ3v) is 5.88. The summed E-state index contributed by atoms with van der Waals surface area (Å²) in [5.41, 5.74) is 1.41. The van der Waals surface area contributed by atoms with E-state index in [1.807, 2.05) is 0 Å². The van der Waals surface area contributed by atoms with E-state index in [-0.39, 0.29) is 12.1 Å². The summed E-state index contributed by atoms with van der Waals surface area (Å²) in [7, 11) is 0. The van der Waals surface area contributed by atoms with E-state index in [9.17, 15) is 17.6 Å². The minimum atomic E-state index is -2.88. The van der Waals surface area contributed by atoms with Crippen molar-refractivity contribution in [3.8, 4) is 22.5 Å². The Kier molecular flexibility index (Phi) is 6.36. The zero-order valence-electron chi connectivity index (χ0n) is 17.0. The number of nitrogens with one attached hydrogen (secondary N) is 2. The molecule has 3 aromatic rings. The lowest BCUT2D eigenvalue weighted by Gasteiger charge is -2.30. The van der Waals surface area contributed by atoms with Gasteiger partial charge in [-0.05, 0) is 42.2 Å². The Hall–Kier alpha value is -2.74. The Bertz CT molecular complexity index is 991. The molecule has 2 N–H and O–H groups in total. The summed E-state index contributed by atoms with van der Waals surface area (Å²) in [5, 5.41) is 9.18. The van der Waals surface area contributed by atoms with Crippen molar-refractivity contribution in [2.45, 2.75) is 44.6 Å². The predicted octanol–water partition coefficient (Wildman–Crippen LogP) is 5.72. The zero-order chi connectivity index (χ0) is 21.8. The third-order valence-electron chi connectivity index (χ3n) is 5.88. The smallest absolute Gasteiger partial charge is 0.263 e. The van der Waals surface area contributed by atoms with Gasteiger partial charge in [0.15, 0.2) is 5.82 Å². The Labute approximate surface area is 178 Å². The Morgan fingerprint density at radius 2 is 1.68 bits per heavy atom. The molecule has 1 aliphatic carbocycles. The van der Waals surface area contributed by atoms with Crippen LogP contribution in [0.15, 0.2) is 42.7 Å². The van der Waals surface area contributed by atoms with Crippen LogP contribution in [-0.2, 0) is 6.54 Å². The largest absolute Gasteiger partial charge is 0.307 e. The van der Waals surface area contributed by atoms with Gasteiger partial charge in [0.1, 0.15) is 18.0 Å². The summed E-state index contributed by atoms with van der Waals surface area (Å²) in [6.45, 7) is -0.880. The Morgan fingerprint density at radius 3 is 2.35 bits per heavy atom. The van der Waals surface area contributed by atoms with Crippen LogP contribution in [0.2, 0.25) is 0 Å². The first kappa shape index (κ1) is 21.5. The summed E-state index contributed by atoms with van der Waals surface area (Å²) in [4.78, 5) is 4.07. The van der Waals surface area contributed by atoms with E-state index >= 15 is 0 Å². The SMILES string of the molecule is Fc1cc(-c2cccc(-c3nc[nH]n3)c2)cc(F)c1CNCC(F)(F)C1CCCCC1. The highest BCUT2D eigenvalue weighted by Gasteiger charge is 2.39. The first-order chi connectivity index (χ1) is 14.9. The molecule has 1 saturated carbocycles. The lowest BCUT2D eigenvalue weighted by Crippen LogP contribution is -2.40. The second-order valence-corrected chi connectivity index (χ2v) is 8.02. The molecule has 1 aliphatic rings. The third kappa shape index (κ3) is 4.95. The highest BCUT2D eigenvalue weighted by Crippen LogP contribution is 2.36. The van der Waals surface area contributed by atoms with Gasteiger partial charge < -0.3 is 5.32 Å². The van der Waals surface area contributed by atoms with Gasteiger partial charge in [-0.3, -0.25) is 5.10 Å². The predicted molar refractivity (Wildman–Crippen MR) is 110 cm³/mol. The van der Waals surface area contributed by atoms with Crippen LogP contribution >= 0.6 is 0 Å². The number of hydrogen-bond acceptors (Lipinski definition) is 3. The van der Waals surface area contributed by atoms with Crippen LogP contribution in [0.5, 0.6) is 0 Å². The van der Waals surface area contributed by atoms with Crippen LogP contribution in [-0.4, -0.2) is 27.6 Å². The maximum absolute atomic E-state index is 14.6. The lowest BCUT2D eigenvalue weighted by molar-refractivity contribution is -0.0685. The zero-order valence-corrected chi connectivity index (χ0v) is 17.0. The number of aromatic amines is 1. The summed E-state index contributed by atoms with van der Waals surface area (Å²) >= 11 is 0. The van der Waals surface area contributed by atoms with E-state index in [0.717, 1.165) is 19.3 Å². The van der Waals surface area contributed by atoms with Crippen LogP contribution in [0.1, 0.15) is 37.7 Å². The first-order valence-corrected chi connectivity index (χ1v) is 10.5. The fourth-order valence-electron chi connectivity index (χ4n) is 4.15. The number of halogens is 4. The van der Waals surface area contributed by atoms with Gasteiger partial charge >= 0.3 is 0 Å². The van der Waals surface area contributed by atoms with Crippen molar-refractivity contribution in [3.63, 3.8) is 0 Å². The number of aromatic nitrogens is 3. The summed E-state index contributed by atoms with van der Waals surface area (Å²) in [5.74, 6) is -4.61. The standard InChI is InChI=1S/C23H24F4N4/c24-20-10-17(15-5-4-6-16(9-15)22-29-14-30-31-22)11-21(25)19(20)12-28-13-23(26,27)18-7-2-1-3-8-18/h4-6,9-11,14,18,28H,1-3,7-8,12-13H2,(H,29,30,31). The number of rotatable bonds is 7. The van der Waals surface area contributed by atoms with Crippen molar-refractivity contribution in [1.29, 1.82) is 0 Å². The molecular weight excluding hydrogens is 408 g/mol. The van der Waals surface area contributed by atoms with Crippen molar-refractivity contribution in [2.24, 2.45) is 5.92 Å². The molecule has 164 valence electrons. The summed E-state index contributed by atoms with van der Waals surface area (Å²) in [6.07, 6.45) is 5.05. The van der Waals surface area contributed by atoms with Crippen LogP contribution < -0.4 is 5.32 Å². The van der Waals surface area contributed by atoms with E-state index in [1.54, 1.807) is 24.3 Å². The normalized spacial score (nSPS) is 15.4. The molecule has 0 saturated heterocycles. The molecule has 0 spiro atoms. The molecule has 0 atom stereocenters. The molecular formula is C23H24F4N4. The van der Waals surface area contributed by atoms with E-state index < -0.39 is 30.0 Å². The fraction of sp³-hybridized carbons (Fsp3) is 0.391. The van der Waals surface area contributed by atoms with Gasteiger partial charge in [0.05, 0.1) is 6.54 Å². The molecule has 1 fully saturated rings. The van der Waals surface area contributed by atoms with Crippen molar-refractivity contribution >= 4 is 0 Å². The van der Waals surface area contributed by atoms with Gasteiger partial charge in [-0.2, -0.15) is 5.10 Å². The lowest BCUT2D eigenvalue weighted by atomic mass is 9.84. The molecule has 0 amide bonds. The average molecular weight is 432 g/mol. The van der Waals surface area contributed by atoms with Crippen molar-refractivity contribution in [1.82, 2.24) is 20.5 Å². The highest BCUT2D eigenvalue weighted by molar-refractivity contribution is 5.70. The molecule has 4 rings (SSSR count). The molecule has 1 heterocycles. The Balaban J connectivity index is 1.46. The molecule has 0 aliphatic heterocycles. The van der Waals surface area contributed by atoms with Gasteiger partial charge in [-0.15, -0.1) is 0 Å². The van der Waals surface area contributed by atoms with Crippen molar-refractivity contribution in [3.05, 3.63) is 59.9 Å². The highest BCUT2D eigenvalue weighted by atomic mass is 19.3. The monoisotopic (exact) mass is 432 g/mol. The van der Waals surface area contributed by atoms with Crippen molar-refractivity contribution in [2.75, 3.05) is 6.54 Å². The summed E-state index contributed by atoms with van der Waals surface area (Å²) < 4.78 is 58.1. The van der Waals surface area contributed by atoms with Crippen LogP contribution in [0, 0.1) is 17.6 Å². The van der Waals surface area contributed by atoms with E-state index in [1.165, 1.54) is 18.5 Å². The van der Waals surface area contributed by atoms with E-state index in [0.29, 0.717) is 35.4 Å². The maximum atomic E-state index is 14.6. The molecule has 2 aromatic carbocycles. The number of benzene rings is 2. The van der Waals surface area contributed by atoms with Gasteiger partial charge in [-0.25, -0.2) is 22.5 Å². The first-order valence-electron chi connectivity index (χ1n) is 10.5. The topological polar surface area (TPSA) is 53.6 Å². The second-order valence-electron chi connectivity index (χ2n) is 8.02. The van der Waals surface area contributed by atoms with Gasteiger partial charge in [-0.1, -0.05) is 37.5 Å². The summed E-state index contributed by atoms with van der Waals surface area (Å²) in [6, 6.07) is 9.45. The van der Waals surface area contributed by atoms with Crippen molar-refractivity contribution < 1.29 is 17.6 Å². The average Bonchev–Trinajstić information content (AvgIpc) is 3.31. The molecule has 0 unspecified atom stereocenters.